The molecule has 5 heteroatoms. The van der Waals surface area contributed by atoms with Crippen LogP contribution in [0.1, 0.15) is 25.5 Å². The van der Waals surface area contributed by atoms with Crippen LogP contribution in [0.15, 0.2) is 30.9 Å². The van der Waals surface area contributed by atoms with E-state index in [9.17, 15) is 0 Å². The summed E-state index contributed by atoms with van der Waals surface area (Å²) < 4.78 is 1.93. The Kier molecular flexibility index (Phi) is 4.69. The van der Waals surface area contributed by atoms with Crippen molar-refractivity contribution in [3.63, 3.8) is 0 Å². The predicted molar refractivity (Wildman–Crippen MR) is 71.4 cm³/mol. The van der Waals surface area contributed by atoms with Crippen LogP contribution in [-0.4, -0.2) is 26.3 Å². The summed E-state index contributed by atoms with van der Waals surface area (Å²) in [6, 6.07) is 3.96. The first kappa shape index (κ1) is 12.5. The zero-order valence-corrected chi connectivity index (χ0v) is 10.7. The lowest BCUT2D eigenvalue weighted by molar-refractivity contribution is 0.591. The molecule has 0 amide bonds. The second-order valence-corrected chi connectivity index (χ2v) is 4.19. The second kappa shape index (κ2) is 6.74. The van der Waals surface area contributed by atoms with Crippen LogP contribution in [0.5, 0.6) is 0 Å². The molecule has 0 fully saturated rings. The Labute approximate surface area is 107 Å². The molecule has 0 aliphatic carbocycles. The van der Waals surface area contributed by atoms with Crippen molar-refractivity contribution >= 4 is 5.82 Å². The highest BCUT2D eigenvalue weighted by Crippen LogP contribution is 2.06. The Morgan fingerprint density at radius 1 is 1.33 bits per heavy atom. The molecule has 0 saturated heterocycles. The van der Waals surface area contributed by atoms with E-state index in [1.807, 2.05) is 23.0 Å². The van der Waals surface area contributed by atoms with Crippen molar-refractivity contribution in [1.29, 1.82) is 0 Å². The van der Waals surface area contributed by atoms with Crippen molar-refractivity contribution in [3.05, 3.63) is 36.5 Å². The molecule has 18 heavy (non-hydrogen) atoms. The smallest absolute Gasteiger partial charge is 0.129 e. The van der Waals surface area contributed by atoms with Crippen LogP contribution in [0.2, 0.25) is 0 Å². The first-order valence-electron chi connectivity index (χ1n) is 6.40. The van der Waals surface area contributed by atoms with Gasteiger partial charge in [0.1, 0.15) is 12.1 Å². The molecule has 0 radical (unpaired) electrons. The lowest BCUT2D eigenvalue weighted by Gasteiger charge is -2.06. The Morgan fingerprint density at radius 2 is 2.28 bits per heavy atom. The minimum atomic E-state index is 0.891. The summed E-state index contributed by atoms with van der Waals surface area (Å²) in [4.78, 5) is 8.44. The van der Waals surface area contributed by atoms with Crippen LogP contribution in [-0.2, 0) is 13.0 Å². The van der Waals surface area contributed by atoms with Crippen molar-refractivity contribution < 1.29 is 0 Å². The minimum absolute atomic E-state index is 0.891. The van der Waals surface area contributed by atoms with Gasteiger partial charge in [-0.1, -0.05) is 13.3 Å². The van der Waals surface area contributed by atoms with Gasteiger partial charge in [0.05, 0.1) is 0 Å². The Morgan fingerprint density at radius 3 is 3.06 bits per heavy atom. The van der Waals surface area contributed by atoms with Crippen molar-refractivity contribution in [2.75, 3.05) is 11.9 Å². The van der Waals surface area contributed by atoms with Crippen LogP contribution >= 0.6 is 0 Å². The van der Waals surface area contributed by atoms with E-state index in [1.165, 1.54) is 0 Å². The highest BCUT2D eigenvalue weighted by molar-refractivity contribution is 5.34. The van der Waals surface area contributed by atoms with Gasteiger partial charge in [-0.25, -0.2) is 9.97 Å². The third kappa shape index (κ3) is 3.84. The topological polar surface area (TPSA) is 55.6 Å². The molecule has 0 saturated carbocycles. The molecule has 0 unspecified atom stereocenters. The number of nitrogens with zero attached hydrogens (tertiary/aromatic N) is 4. The number of aromatic nitrogens is 4. The monoisotopic (exact) mass is 245 g/mol. The summed E-state index contributed by atoms with van der Waals surface area (Å²) >= 11 is 0. The van der Waals surface area contributed by atoms with Crippen molar-refractivity contribution in [3.8, 4) is 0 Å². The maximum absolute atomic E-state index is 4.23. The summed E-state index contributed by atoms with van der Waals surface area (Å²) in [5.74, 6) is 0.911. The average molecular weight is 245 g/mol. The molecule has 0 atom stereocenters. The molecule has 1 N–H and O–H groups in total. The molecule has 5 nitrogen and oxygen atoms in total. The molecule has 2 aromatic heterocycles. The third-order valence-electron chi connectivity index (χ3n) is 2.66. The van der Waals surface area contributed by atoms with Gasteiger partial charge in [-0.2, -0.15) is 5.10 Å². The molecule has 0 bridgehead atoms. The molecule has 2 rings (SSSR count). The van der Waals surface area contributed by atoms with E-state index in [2.05, 4.69) is 27.3 Å². The molecule has 2 aromatic rings. The minimum Gasteiger partial charge on any atom is -0.370 e. The highest BCUT2D eigenvalue weighted by Gasteiger charge is 1.97. The summed E-state index contributed by atoms with van der Waals surface area (Å²) in [5.41, 5.74) is 1.10. The lowest BCUT2D eigenvalue weighted by Crippen LogP contribution is -2.08. The summed E-state index contributed by atoms with van der Waals surface area (Å²) in [5, 5.41) is 7.48. The van der Waals surface area contributed by atoms with Gasteiger partial charge in [0, 0.05) is 37.2 Å². The van der Waals surface area contributed by atoms with Gasteiger partial charge in [-0.3, -0.25) is 4.68 Å². The van der Waals surface area contributed by atoms with Gasteiger partial charge in [0.15, 0.2) is 0 Å². The van der Waals surface area contributed by atoms with Crippen LogP contribution < -0.4 is 5.32 Å². The number of nitrogens with one attached hydrogen (secondary N) is 1. The highest BCUT2D eigenvalue weighted by atomic mass is 15.3. The summed E-state index contributed by atoms with van der Waals surface area (Å²) in [6.45, 7) is 3.97. The van der Waals surface area contributed by atoms with E-state index in [0.717, 1.165) is 43.9 Å². The van der Waals surface area contributed by atoms with Crippen LogP contribution in [0.25, 0.3) is 0 Å². The first-order valence-corrected chi connectivity index (χ1v) is 6.40. The zero-order valence-electron chi connectivity index (χ0n) is 10.7. The SMILES string of the molecule is CCCc1cc(NCCCn2cccn2)ncn1. The van der Waals surface area contributed by atoms with E-state index in [4.69, 9.17) is 0 Å². The largest absolute Gasteiger partial charge is 0.370 e. The van der Waals surface area contributed by atoms with Crippen LogP contribution in [0.4, 0.5) is 5.82 Å². The average Bonchev–Trinajstić information content (AvgIpc) is 2.89. The van der Waals surface area contributed by atoms with Gasteiger partial charge in [0.25, 0.3) is 0 Å². The molecule has 0 aliphatic rings. The summed E-state index contributed by atoms with van der Waals surface area (Å²) in [7, 11) is 0. The van der Waals surface area contributed by atoms with Gasteiger partial charge >= 0.3 is 0 Å². The van der Waals surface area contributed by atoms with Crippen molar-refractivity contribution in [1.82, 2.24) is 19.7 Å². The van der Waals surface area contributed by atoms with Gasteiger partial charge in [-0.05, 0) is 18.9 Å². The number of hydrogen-bond donors (Lipinski definition) is 1. The maximum atomic E-state index is 4.23. The Bertz CT molecular complexity index is 452. The molecule has 0 aromatic carbocycles. The molecular formula is C13H19N5. The molecular weight excluding hydrogens is 226 g/mol. The summed E-state index contributed by atoms with van der Waals surface area (Å²) in [6.07, 6.45) is 8.54. The van der Waals surface area contributed by atoms with Gasteiger partial charge < -0.3 is 5.32 Å². The zero-order chi connectivity index (χ0) is 12.6. The van der Waals surface area contributed by atoms with Gasteiger partial charge in [-0.15, -0.1) is 0 Å². The van der Waals surface area contributed by atoms with Crippen molar-refractivity contribution in [2.45, 2.75) is 32.7 Å². The first-order chi connectivity index (χ1) is 8.88. The van der Waals surface area contributed by atoms with E-state index in [0.29, 0.717) is 0 Å². The van der Waals surface area contributed by atoms with Gasteiger partial charge in [0.2, 0.25) is 0 Å². The van der Waals surface area contributed by atoms with E-state index in [-0.39, 0.29) is 0 Å². The fourth-order valence-electron chi connectivity index (χ4n) is 1.78. The number of aryl methyl sites for hydroxylation is 2. The fraction of sp³-hybridized carbons (Fsp3) is 0.462. The molecule has 0 spiro atoms. The lowest BCUT2D eigenvalue weighted by atomic mass is 10.2. The van der Waals surface area contributed by atoms with Crippen LogP contribution in [0.3, 0.4) is 0 Å². The Hall–Kier alpha value is -1.91. The van der Waals surface area contributed by atoms with E-state index in [1.54, 1.807) is 12.5 Å². The second-order valence-electron chi connectivity index (χ2n) is 4.19. The van der Waals surface area contributed by atoms with E-state index >= 15 is 0 Å². The number of rotatable bonds is 7. The number of hydrogen-bond acceptors (Lipinski definition) is 4. The molecule has 96 valence electrons. The molecule has 0 aliphatic heterocycles. The van der Waals surface area contributed by atoms with Crippen LogP contribution in [0, 0.1) is 0 Å². The Balaban J connectivity index is 1.74. The quantitative estimate of drug-likeness (QED) is 0.759. The maximum Gasteiger partial charge on any atom is 0.129 e. The standard InChI is InChI=1S/C13H19N5/c1-2-5-12-10-13(16-11-15-12)14-6-3-8-18-9-4-7-17-18/h4,7,9-11H,2-3,5-6,8H2,1H3,(H,14,15,16). The van der Waals surface area contributed by atoms with Crippen molar-refractivity contribution in [2.24, 2.45) is 0 Å². The number of anilines is 1. The third-order valence-corrected chi connectivity index (χ3v) is 2.66. The predicted octanol–water partition coefficient (Wildman–Crippen LogP) is 2.13. The normalized spacial score (nSPS) is 10.5. The molecule has 2 heterocycles. The fourth-order valence-corrected chi connectivity index (χ4v) is 1.78. The van der Waals surface area contributed by atoms with E-state index < -0.39 is 0 Å².